The zero-order valence-electron chi connectivity index (χ0n) is 10.8. The summed E-state index contributed by atoms with van der Waals surface area (Å²) in [6.45, 7) is 0. The van der Waals surface area contributed by atoms with Crippen molar-refractivity contribution in [2.75, 3.05) is 14.2 Å². The molecule has 0 bridgehead atoms. The number of methoxy groups -OCH3 is 2. The molecule has 0 unspecified atom stereocenters. The van der Waals surface area contributed by atoms with Crippen molar-refractivity contribution in [3.8, 4) is 22.8 Å². The fourth-order valence-corrected chi connectivity index (χ4v) is 3.00. The van der Waals surface area contributed by atoms with Crippen molar-refractivity contribution in [1.29, 1.82) is 0 Å². The first kappa shape index (κ1) is 14.8. The van der Waals surface area contributed by atoms with Crippen molar-refractivity contribution < 1.29 is 19.4 Å². The Balaban J connectivity index is 2.43. The maximum Gasteiger partial charge on any atom is 0.310 e. The number of benzene rings is 1. The Morgan fingerprint density at radius 2 is 2.05 bits per heavy atom. The standard InChI is InChI=1S/C13H12BrNO4S/c1-18-10-4-11(19-2)8(14)3-7(10)9-6-20-12(15-9)5-13(16)17/h3-4,6H,5H2,1-2H3,(H,16,17). The Hall–Kier alpha value is -1.60. The molecule has 1 heterocycles. The smallest absolute Gasteiger partial charge is 0.310 e. The lowest BCUT2D eigenvalue weighted by Gasteiger charge is -2.10. The van der Waals surface area contributed by atoms with Gasteiger partial charge in [0.25, 0.3) is 0 Å². The summed E-state index contributed by atoms with van der Waals surface area (Å²) in [6, 6.07) is 3.60. The van der Waals surface area contributed by atoms with Gasteiger partial charge in [-0.05, 0) is 22.0 Å². The largest absolute Gasteiger partial charge is 0.496 e. The van der Waals surface area contributed by atoms with Crippen LogP contribution in [0.25, 0.3) is 11.3 Å². The average Bonchev–Trinajstić information content (AvgIpc) is 2.85. The van der Waals surface area contributed by atoms with Crippen molar-refractivity contribution in [2.45, 2.75) is 6.42 Å². The molecule has 0 aliphatic heterocycles. The number of carboxylic acid groups (broad SMARTS) is 1. The zero-order chi connectivity index (χ0) is 14.7. The first-order valence-electron chi connectivity index (χ1n) is 5.63. The Morgan fingerprint density at radius 3 is 2.65 bits per heavy atom. The van der Waals surface area contributed by atoms with Crippen molar-refractivity contribution >= 4 is 33.2 Å². The van der Waals surface area contributed by atoms with Crippen LogP contribution in [-0.2, 0) is 11.2 Å². The van der Waals surface area contributed by atoms with Crippen molar-refractivity contribution in [1.82, 2.24) is 4.98 Å². The number of carboxylic acids is 1. The van der Waals surface area contributed by atoms with Gasteiger partial charge in [-0.2, -0.15) is 0 Å². The highest BCUT2D eigenvalue weighted by Gasteiger charge is 2.15. The number of hydrogen-bond donors (Lipinski definition) is 1. The van der Waals surface area contributed by atoms with Crippen molar-refractivity contribution in [3.63, 3.8) is 0 Å². The third kappa shape index (κ3) is 3.10. The number of ether oxygens (including phenoxy) is 2. The minimum absolute atomic E-state index is 0.0791. The van der Waals surface area contributed by atoms with E-state index in [2.05, 4.69) is 20.9 Å². The Labute approximate surface area is 128 Å². The molecule has 7 heteroatoms. The van der Waals surface area contributed by atoms with E-state index in [0.29, 0.717) is 22.2 Å². The molecular weight excluding hydrogens is 346 g/mol. The molecule has 1 aromatic carbocycles. The fraction of sp³-hybridized carbons (Fsp3) is 0.231. The van der Waals surface area contributed by atoms with E-state index in [1.807, 2.05) is 11.4 Å². The van der Waals surface area contributed by atoms with Gasteiger partial charge >= 0.3 is 5.97 Å². The normalized spacial score (nSPS) is 10.3. The van der Waals surface area contributed by atoms with Crippen LogP contribution in [0, 0.1) is 0 Å². The second-order valence-electron chi connectivity index (χ2n) is 3.88. The van der Waals surface area contributed by atoms with Gasteiger partial charge in [-0.3, -0.25) is 4.79 Å². The minimum atomic E-state index is -0.895. The summed E-state index contributed by atoms with van der Waals surface area (Å²) in [5.41, 5.74) is 1.47. The van der Waals surface area contributed by atoms with Crippen molar-refractivity contribution in [3.05, 3.63) is 27.0 Å². The monoisotopic (exact) mass is 357 g/mol. The highest BCUT2D eigenvalue weighted by atomic mass is 79.9. The third-order valence-electron chi connectivity index (χ3n) is 2.60. The first-order valence-corrected chi connectivity index (χ1v) is 7.30. The van der Waals surface area contributed by atoms with Gasteiger partial charge in [-0.15, -0.1) is 11.3 Å². The molecule has 20 heavy (non-hydrogen) atoms. The summed E-state index contributed by atoms with van der Waals surface area (Å²) in [6.07, 6.45) is -0.0791. The SMILES string of the molecule is COc1cc(OC)c(-c2csc(CC(=O)O)n2)cc1Br. The number of hydrogen-bond acceptors (Lipinski definition) is 5. The molecular formula is C13H12BrNO4S. The maximum atomic E-state index is 10.7. The number of carbonyl (C=O) groups is 1. The molecule has 0 aliphatic carbocycles. The molecule has 1 aromatic heterocycles. The van der Waals surface area contributed by atoms with Gasteiger partial charge in [0.2, 0.25) is 0 Å². The van der Waals surface area contributed by atoms with Crippen LogP contribution in [0.5, 0.6) is 11.5 Å². The molecule has 0 saturated carbocycles. The summed E-state index contributed by atoms with van der Waals surface area (Å²) in [4.78, 5) is 15.0. The van der Waals surface area contributed by atoms with Crippen LogP contribution in [-0.4, -0.2) is 30.3 Å². The molecule has 2 aromatic rings. The predicted octanol–water partition coefficient (Wildman–Crippen LogP) is 3.22. The lowest BCUT2D eigenvalue weighted by Crippen LogP contribution is -1.99. The summed E-state index contributed by atoms with van der Waals surface area (Å²) in [5, 5.41) is 11.1. The van der Waals surface area contributed by atoms with Gasteiger partial charge < -0.3 is 14.6 Å². The van der Waals surface area contributed by atoms with E-state index >= 15 is 0 Å². The maximum absolute atomic E-state index is 10.7. The number of nitrogens with zero attached hydrogens (tertiary/aromatic N) is 1. The summed E-state index contributed by atoms with van der Waals surface area (Å²) < 4.78 is 11.3. The van der Waals surface area contributed by atoms with Crippen LogP contribution in [0.15, 0.2) is 22.0 Å². The van der Waals surface area contributed by atoms with Gasteiger partial charge in [0, 0.05) is 17.0 Å². The van der Waals surface area contributed by atoms with Crippen molar-refractivity contribution in [2.24, 2.45) is 0 Å². The van der Waals surface area contributed by atoms with Gasteiger partial charge in [-0.1, -0.05) is 0 Å². The number of thiazole rings is 1. The van der Waals surface area contributed by atoms with Gasteiger partial charge in [-0.25, -0.2) is 4.98 Å². The van der Waals surface area contributed by atoms with Crippen LogP contribution in [0.1, 0.15) is 5.01 Å². The van der Waals surface area contributed by atoms with E-state index in [0.717, 1.165) is 10.0 Å². The summed E-state index contributed by atoms with van der Waals surface area (Å²) >= 11 is 4.73. The third-order valence-corrected chi connectivity index (χ3v) is 4.07. The molecule has 0 radical (unpaired) electrons. The van der Waals surface area contributed by atoms with E-state index in [1.165, 1.54) is 11.3 Å². The molecule has 0 fully saturated rings. The molecule has 106 valence electrons. The Bertz CT molecular complexity index is 641. The zero-order valence-corrected chi connectivity index (χ0v) is 13.2. The Morgan fingerprint density at radius 1 is 1.35 bits per heavy atom. The number of aromatic nitrogens is 1. The first-order chi connectivity index (χ1) is 9.55. The van der Waals surface area contributed by atoms with E-state index < -0.39 is 5.97 Å². The van der Waals surface area contributed by atoms with Crippen LogP contribution < -0.4 is 9.47 Å². The van der Waals surface area contributed by atoms with Crippen LogP contribution >= 0.6 is 27.3 Å². The molecule has 0 spiro atoms. The van der Waals surface area contributed by atoms with E-state index in [-0.39, 0.29) is 6.42 Å². The summed E-state index contributed by atoms with van der Waals surface area (Å²) in [7, 11) is 3.14. The molecule has 0 aliphatic rings. The highest BCUT2D eigenvalue weighted by Crippen LogP contribution is 2.38. The van der Waals surface area contributed by atoms with Crippen LogP contribution in [0.2, 0.25) is 0 Å². The quantitative estimate of drug-likeness (QED) is 0.889. The number of aliphatic carboxylic acids is 1. The number of halogens is 1. The summed E-state index contributed by atoms with van der Waals surface area (Å²) in [5.74, 6) is 0.387. The van der Waals surface area contributed by atoms with E-state index in [1.54, 1.807) is 20.3 Å². The molecule has 0 amide bonds. The van der Waals surface area contributed by atoms with Crippen LogP contribution in [0.3, 0.4) is 0 Å². The van der Waals surface area contributed by atoms with Crippen LogP contribution in [0.4, 0.5) is 0 Å². The molecule has 1 N–H and O–H groups in total. The predicted molar refractivity (Wildman–Crippen MR) is 79.7 cm³/mol. The number of rotatable bonds is 5. The second kappa shape index (κ2) is 6.23. The lowest BCUT2D eigenvalue weighted by atomic mass is 10.1. The lowest BCUT2D eigenvalue weighted by molar-refractivity contribution is -0.136. The molecule has 0 saturated heterocycles. The fourth-order valence-electron chi connectivity index (χ4n) is 1.71. The minimum Gasteiger partial charge on any atom is -0.496 e. The molecule has 0 atom stereocenters. The van der Waals surface area contributed by atoms with Gasteiger partial charge in [0.15, 0.2) is 0 Å². The average molecular weight is 358 g/mol. The Kier molecular flexibility index (Phi) is 4.61. The van der Waals surface area contributed by atoms with Gasteiger partial charge in [0.1, 0.15) is 16.5 Å². The van der Waals surface area contributed by atoms with Gasteiger partial charge in [0.05, 0.1) is 30.8 Å². The highest BCUT2D eigenvalue weighted by molar-refractivity contribution is 9.10. The molecule has 5 nitrogen and oxygen atoms in total. The second-order valence-corrected chi connectivity index (χ2v) is 5.68. The molecule has 2 rings (SSSR count). The van der Waals surface area contributed by atoms with E-state index in [9.17, 15) is 4.79 Å². The topological polar surface area (TPSA) is 68.7 Å². The van der Waals surface area contributed by atoms with E-state index in [4.69, 9.17) is 14.6 Å².